The first-order chi connectivity index (χ1) is 25.7. The normalized spacial score (nSPS) is 16.9. The van der Waals surface area contributed by atoms with Gasteiger partial charge in [0.15, 0.2) is 0 Å². The second kappa shape index (κ2) is 16.5. The van der Waals surface area contributed by atoms with Crippen molar-refractivity contribution in [2.45, 2.75) is 146 Å². The van der Waals surface area contributed by atoms with Crippen LogP contribution in [0.15, 0.2) is 97.1 Å². The molecule has 0 heterocycles. The van der Waals surface area contributed by atoms with Gasteiger partial charge in [0, 0.05) is 0 Å². The van der Waals surface area contributed by atoms with Crippen LogP contribution >= 0.6 is 0 Å². The van der Waals surface area contributed by atoms with E-state index in [4.69, 9.17) is 0 Å². The number of benzene rings is 4. The molecule has 0 saturated heterocycles. The zero-order chi connectivity index (χ0) is 38.8. The molecule has 0 radical (unpaired) electrons. The maximum atomic E-state index is 2.99. The molecule has 286 valence electrons. The fourth-order valence-corrected chi connectivity index (χ4v) is 63.6. The summed E-state index contributed by atoms with van der Waals surface area (Å²) in [6.45, 7) is 18.8. The van der Waals surface area contributed by atoms with E-state index in [1.54, 1.807) is 11.1 Å². The van der Waals surface area contributed by atoms with Gasteiger partial charge in [-0.3, -0.25) is 0 Å². The molecule has 4 aromatic rings. The number of allylic oxidation sites excluding steroid dienone is 2. The average molecular weight is 902 g/mol. The average Bonchev–Trinajstić information content (AvgIpc) is 3.80. The van der Waals surface area contributed by atoms with Crippen LogP contribution in [-0.2, 0) is 28.0 Å². The predicted molar refractivity (Wildman–Crippen MR) is 240 cm³/mol. The van der Waals surface area contributed by atoms with Crippen LogP contribution in [-0.4, -0.2) is 5.49 Å². The Kier molecular flexibility index (Phi) is 12.6. The van der Waals surface area contributed by atoms with Crippen LogP contribution in [0.5, 0.6) is 0 Å². The van der Waals surface area contributed by atoms with Crippen LogP contribution in [0.1, 0.15) is 147 Å². The van der Waals surface area contributed by atoms with Crippen LogP contribution in [0.25, 0.3) is 34.4 Å². The van der Waals surface area contributed by atoms with E-state index in [2.05, 4.69) is 174 Å². The van der Waals surface area contributed by atoms with E-state index in [-0.39, 0.29) is 10.8 Å². The fraction of sp³-hybridized carbons (Fsp3) is 0.462. The van der Waals surface area contributed by atoms with Crippen LogP contribution in [0.2, 0.25) is 21.4 Å². The molecule has 0 bridgehead atoms. The zero-order valence-electron chi connectivity index (χ0n) is 35.6. The molecule has 2 aliphatic carbocycles. The van der Waals surface area contributed by atoms with Crippen molar-refractivity contribution in [1.82, 2.24) is 0 Å². The van der Waals surface area contributed by atoms with Gasteiger partial charge in [0.2, 0.25) is 0 Å². The van der Waals surface area contributed by atoms with Crippen LogP contribution in [0, 0.1) is 0 Å². The molecular formula is C52H70HfSi. The first-order valence-corrected chi connectivity index (χ1v) is 40.2. The Hall–Kier alpha value is -2.55. The van der Waals surface area contributed by atoms with E-state index in [1.807, 2.05) is 0 Å². The molecule has 2 unspecified atom stereocenters. The summed E-state index contributed by atoms with van der Waals surface area (Å²) in [6, 6.07) is 36.4. The Morgan fingerprint density at radius 3 is 1.31 bits per heavy atom. The third-order valence-electron chi connectivity index (χ3n) is 13.6. The number of rotatable bonds is 14. The Morgan fingerprint density at radius 2 is 0.926 bits per heavy atom. The van der Waals surface area contributed by atoms with Gasteiger partial charge in [0.05, 0.1) is 0 Å². The Labute approximate surface area is 331 Å². The molecule has 2 aliphatic rings. The van der Waals surface area contributed by atoms with Crippen molar-refractivity contribution >= 4 is 17.6 Å². The van der Waals surface area contributed by atoms with Crippen molar-refractivity contribution in [3.05, 3.63) is 130 Å². The Bertz CT molecular complexity index is 1940. The van der Waals surface area contributed by atoms with Gasteiger partial charge in [0.25, 0.3) is 0 Å². The summed E-state index contributed by atoms with van der Waals surface area (Å²) in [5, 5.41) is 0. The minimum atomic E-state index is -4.05. The second-order valence-electron chi connectivity index (χ2n) is 19.8. The number of unbranched alkanes of at least 4 members (excludes halogenated alkanes) is 6. The summed E-state index contributed by atoms with van der Waals surface area (Å²) in [5.74, 6) is 0. The standard InChI is InChI=1S/2C19H19.C12H26Si.2CH3.Hf/c2*1-19(2,3)16-10-4-9-15(13-16)18-12-6-8-14-7-5-11-17(14)18;1-3-5-7-9-11-13-12-10-8-6-4-2;;;/h2*4-13H,1-3H3;3-12H2,1-2H3;2*1H3;. The van der Waals surface area contributed by atoms with E-state index < -0.39 is 22.6 Å². The number of hydrogen-bond donors (Lipinski definition) is 0. The van der Waals surface area contributed by atoms with Crippen molar-refractivity contribution in [1.29, 1.82) is 0 Å². The number of fused-ring (bicyclic) bond motifs is 2. The topological polar surface area (TPSA) is 0 Å². The van der Waals surface area contributed by atoms with Crippen molar-refractivity contribution < 1.29 is 17.1 Å². The summed E-state index contributed by atoms with van der Waals surface area (Å²) in [6.07, 6.45) is 21.6. The Balaban J connectivity index is 1.56. The van der Waals surface area contributed by atoms with Gasteiger partial charge in [0.1, 0.15) is 0 Å². The van der Waals surface area contributed by atoms with E-state index >= 15 is 0 Å². The quantitative estimate of drug-likeness (QED) is 0.0874. The van der Waals surface area contributed by atoms with Crippen molar-refractivity contribution in [2.24, 2.45) is 0 Å². The molecule has 0 nitrogen and oxygen atoms in total. The third-order valence-corrected chi connectivity index (χ3v) is 69.7. The van der Waals surface area contributed by atoms with Gasteiger partial charge in [-0.15, -0.1) is 0 Å². The van der Waals surface area contributed by atoms with E-state index in [1.165, 1.54) is 108 Å². The molecule has 2 heteroatoms. The van der Waals surface area contributed by atoms with Gasteiger partial charge in [-0.05, 0) is 0 Å². The third kappa shape index (κ3) is 8.13. The molecule has 2 atom stereocenters. The summed E-state index contributed by atoms with van der Waals surface area (Å²) in [7, 11) is 0. The molecule has 6 rings (SSSR count). The summed E-state index contributed by atoms with van der Waals surface area (Å²) >= 11 is -4.05. The van der Waals surface area contributed by atoms with Crippen molar-refractivity contribution in [2.75, 3.05) is 0 Å². The fourth-order valence-electron chi connectivity index (χ4n) is 10.1. The predicted octanol–water partition coefficient (Wildman–Crippen LogP) is 16.4. The van der Waals surface area contributed by atoms with E-state index in [0.717, 1.165) is 0 Å². The van der Waals surface area contributed by atoms with Gasteiger partial charge < -0.3 is 0 Å². The van der Waals surface area contributed by atoms with E-state index in [0.29, 0.717) is 7.35 Å². The molecular weight excluding hydrogens is 831 g/mol. The first kappa shape index (κ1) is 41.1. The summed E-state index contributed by atoms with van der Waals surface area (Å²) in [4.78, 5) is 0. The van der Waals surface area contributed by atoms with Gasteiger partial charge in [-0.25, -0.2) is 0 Å². The van der Waals surface area contributed by atoms with Crippen LogP contribution < -0.4 is 0 Å². The summed E-state index contributed by atoms with van der Waals surface area (Å²) < 4.78 is 7.09. The zero-order valence-corrected chi connectivity index (χ0v) is 40.2. The van der Waals surface area contributed by atoms with Crippen LogP contribution in [0.4, 0.5) is 0 Å². The SMILES string of the molecule is CCCCCC[Si](CCCCCC)=[Hf]([CH3])([CH3])([CH]1C=Cc2c(-c3cccc(C(C)(C)C)c3)cccc21)[CH]1C=Cc2c(-c3cccc(C(C)(C)C)c3)cccc21. The first-order valence-electron chi connectivity index (χ1n) is 21.6. The van der Waals surface area contributed by atoms with E-state index in [9.17, 15) is 0 Å². The number of hydrogen-bond acceptors (Lipinski definition) is 0. The molecule has 0 amide bonds. The van der Waals surface area contributed by atoms with Crippen LogP contribution in [0.3, 0.4) is 0 Å². The monoisotopic (exact) mass is 902 g/mol. The molecule has 4 aromatic carbocycles. The molecule has 0 spiro atoms. The summed E-state index contributed by atoms with van der Waals surface area (Å²) in [5.41, 5.74) is 14.2. The van der Waals surface area contributed by atoms with Gasteiger partial charge >= 0.3 is 334 Å². The van der Waals surface area contributed by atoms with Gasteiger partial charge in [-0.1, -0.05) is 0 Å². The molecule has 0 aromatic heterocycles. The minimum absolute atomic E-state index is 0.122. The second-order valence-corrected chi connectivity index (χ2v) is 65.7. The molecule has 54 heavy (non-hydrogen) atoms. The molecule has 0 saturated carbocycles. The van der Waals surface area contributed by atoms with Gasteiger partial charge in [-0.2, -0.15) is 0 Å². The van der Waals surface area contributed by atoms with Crippen molar-refractivity contribution in [3.8, 4) is 22.3 Å². The molecule has 0 aliphatic heterocycles. The maximum absolute atomic E-state index is 4.05. The van der Waals surface area contributed by atoms with Crippen molar-refractivity contribution in [3.63, 3.8) is 0 Å². The molecule has 0 fully saturated rings. The Morgan fingerprint density at radius 1 is 0.519 bits per heavy atom. The molecule has 0 N–H and O–H groups in total.